The minimum Gasteiger partial charge on any atom is -0.299 e. The number of carbonyl (C=O) groups excluding carboxylic acids is 1. The van der Waals surface area contributed by atoms with Crippen molar-refractivity contribution >= 4 is 5.78 Å². The van der Waals surface area contributed by atoms with E-state index in [2.05, 4.69) is 22.9 Å². The van der Waals surface area contributed by atoms with Crippen LogP contribution in [0.5, 0.6) is 0 Å². The predicted molar refractivity (Wildman–Crippen MR) is 79.6 cm³/mol. The van der Waals surface area contributed by atoms with E-state index in [0.29, 0.717) is 24.2 Å². The molecule has 0 bridgehead atoms. The fourth-order valence-corrected chi connectivity index (χ4v) is 3.90. The van der Waals surface area contributed by atoms with E-state index in [1.165, 1.54) is 38.5 Å². The van der Waals surface area contributed by atoms with Crippen molar-refractivity contribution in [3.05, 3.63) is 18.0 Å². The van der Waals surface area contributed by atoms with Gasteiger partial charge >= 0.3 is 0 Å². The van der Waals surface area contributed by atoms with Gasteiger partial charge in [-0.15, -0.1) is 0 Å². The van der Waals surface area contributed by atoms with Crippen LogP contribution in [0.25, 0.3) is 0 Å². The Morgan fingerprint density at radius 3 is 2.80 bits per heavy atom. The van der Waals surface area contributed by atoms with E-state index >= 15 is 0 Å². The van der Waals surface area contributed by atoms with E-state index in [-0.39, 0.29) is 0 Å². The zero-order chi connectivity index (χ0) is 13.9. The molecule has 3 heteroatoms. The summed E-state index contributed by atoms with van der Waals surface area (Å²) in [6.45, 7) is 2.24. The van der Waals surface area contributed by atoms with Crippen LogP contribution in [0.15, 0.2) is 12.3 Å². The van der Waals surface area contributed by atoms with E-state index in [4.69, 9.17) is 0 Å². The number of Topliss-reactive ketones (excluding diaryl/α,β-unsaturated/α-hetero) is 1. The van der Waals surface area contributed by atoms with Crippen LogP contribution in [0.2, 0.25) is 0 Å². The monoisotopic (exact) mass is 274 g/mol. The van der Waals surface area contributed by atoms with Gasteiger partial charge in [-0.05, 0) is 44.1 Å². The van der Waals surface area contributed by atoms with Gasteiger partial charge < -0.3 is 0 Å². The van der Waals surface area contributed by atoms with Crippen LogP contribution in [-0.4, -0.2) is 15.6 Å². The number of nitrogens with zero attached hydrogens (tertiary/aromatic N) is 2. The Labute approximate surface area is 121 Å². The van der Waals surface area contributed by atoms with Gasteiger partial charge in [0.1, 0.15) is 5.78 Å². The number of aromatic nitrogens is 2. The van der Waals surface area contributed by atoms with Gasteiger partial charge in [0, 0.05) is 12.1 Å². The molecule has 0 radical (unpaired) electrons. The molecule has 1 aromatic rings. The van der Waals surface area contributed by atoms with Crippen molar-refractivity contribution in [1.82, 2.24) is 9.78 Å². The lowest BCUT2D eigenvalue weighted by Gasteiger charge is -2.10. The first-order valence-corrected chi connectivity index (χ1v) is 8.33. The highest BCUT2D eigenvalue weighted by Crippen LogP contribution is 2.34. The van der Waals surface area contributed by atoms with Crippen molar-refractivity contribution in [2.75, 3.05) is 0 Å². The van der Waals surface area contributed by atoms with Crippen molar-refractivity contribution in [3.8, 4) is 0 Å². The molecule has 2 fully saturated rings. The molecule has 1 aromatic heterocycles. The predicted octanol–water partition coefficient (Wildman–Crippen LogP) is 3.94. The molecule has 0 aromatic carbocycles. The first-order valence-electron chi connectivity index (χ1n) is 8.33. The lowest BCUT2D eigenvalue weighted by atomic mass is 9.96. The molecular weight excluding hydrogens is 248 g/mol. The second-order valence-corrected chi connectivity index (χ2v) is 6.65. The Balaban J connectivity index is 1.56. The molecule has 2 saturated carbocycles. The van der Waals surface area contributed by atoms with E-state index in [1.54, 1.807) is 0 Å². The molecule has 20 heavy (non-hydrogen) atoms. The Morgan fingerprint density at radius 1 is 1.30 bits per heavy atom. The topological polar surface area (TPSA) is 34.9 Å². The maximum absolute atomic E-state index is 12.4. The lowest BCUT2D eigenvalue weighted by Crippen LogP contribution is -2.15. The molecule has 2 atom stereocenters. The molecule has 0 saturated heterocycles. The van der Waals surface area contributed by atoms with Gasteiger partial charge in [-0.2, -0.15) is 5.10 Å². The zero-order valence-corrected chi connectivity index (χ0v) is 12.6. The van der Waals surface area contributed by atoms with Gasteiger partial charge in [0.25, 0.3) is 0 Å². The van der Waals surface area contributed by atoms with Crippen LogP contribution < -0.4 is 0 Å². The second-order valence-electron chi connectivity index (χ2n) is 6.65. The standard InChI is InChI=1S/C17H26N2O/c1-2-13-7-8-14(11-13)17(20)12-15-9-10-19(18-15)16-5-3-4-6-16/h9-10,13-14,16H,2-8,11-12H2,1H3. The summed E-state index contributed by atoms with van der Waals surface area (Å²) in [6, 6.07) is 2.62. The van der Waals surface area contributed by atoms with Crippen molar-refractivity contribution in [2.45, 2.75) is 70.8 Å². The van der Waals surface area contributed by atoms with Gasteiger partial charge in [0.05, 0.1) is 18.2 Å². The van der Waals surface area contributed by atoms with E-state index in [0.717, 1.165) is 24.5 Å². The number of ketones is 1. The van der Waals surface area contributed by atoms with Crippen molar-refractivity contribution in [3.63, 3.8) is 0 Å². The van der Waals surface area contributed by atoms with Crippen LogP contribution >= 0.6 is 0 Å². The third-order valence-electron chi connectivity index (χ3n) is 5.29. The number of hydrogen-bond acceptors (Lipinski definition) is 2. The molecule has 3 rings (SSSR count). The van der Waals surface area contributed by atoms with Crippen molar-refractivity contribution < 1.29 is 4.79 Å². The molecule has 2 unspecified atom stereocenters. The summed E-state index contributed by atoms with van der Waals surface area (Å²) in [4.78, 5) is 12.4. The van der Waals surface area contributed by atoms with E-state index in [9.17, 15) is 4.79 Å². The highest BCUT2D eigenvalue weighted by molar-refractivity contribution is 5.83. The molecule has 110 valence electrons. The highest BCUT2D eigenvalue weighted by Gasteiger charge is 2.29. The third-order valence-corrected chi connectivity index (χ3v) is 5.29. The summed E-state index contributed by atoms with van der Waals surface area (Å²) in [6.07, 6.45) is 12.4. The number of hydrogen-bond donors (Lipinski definition) is 0. The van der Waals surface area contributed by atoms with Gasteiger partial charge in [0.2, 0.25) is 0 Å². The molecule has 0 spiro atoms. The summed E-state index contributed by atoms with van der Waals surface area (Å²) < 4.78 is 2.10. The third kappa shape index (κ3) is 2.97. The Kier molecular flexibility index (Phi) is 4.23. The van der Waals surface area contributed by atoms with Crippen LogP contribution in [0.1, 0.15) is 70.0 Å². The minimum atomic E-state index is 0.302. The van der Waals surface area contributed by atoms with Gasteiger partial charge in [-0.25, -0.2) is 0 Å². The highest BCUT2D eigenvalue weighted by atomic mass is 16.1. The van der Waals surface area contributed by atoms with E-state index < -0.39 is 0 Å². The van der Waals surface area contributed by atoms with Crippen LogP contribution in [0.3, 0.4) is 0 Å². The molecule has 0 N–H and O–H groups in total. The summed E-state index contributed by atoms with van der Waals surface area (Å²) >= 11 is 0. The maximum Gasteiger partial charge on any atom is 0.141 e. The number of rotatable bonds is 5. The largest absolute Gasteiger partial charge is 0.299 e. The summed E-state index contributed by atoms with van der Waals surface area (Å²) in [5, 5.41) is 4.64. The fraction of sp³-hybridized carbons (Fsp3) is 0.765. The summed E-state index contributed by atoms with van der Waals surface area (Å²) in [7, 11) is 0. The van der Waals surface area contributed by atoms with Gasteiger partial charge in [-0.1, -0.05) is 26.2 Å². The maximum atomic E-state index is 12.4. The average molecular weight is 274 g/mol. The van der Waals surface area contributed by atoms with Crippen LogP contribution in [-0.2, 0) is 11.2 Å². The van der Waals surface area contributed by atoms with Crippen molar-refractivity contribution in [1.29, 1.82) is 0 Å². The van der Waals surface area contributed by atoms with Crippen molar-refractivity contribution in [2.24, 2.45) is 11.8 Å². The average Bonchev–Trinajstić information content (AvgIpc) is 3.19. The number of carbonyl (C=O) groups is 1. The smallest absolute Gasteiger partial charge is 0.141 e. The van der Waals surface area contributed by atoms with Gasteiger partial charge in [-0.3, -0.25) is 9.48 Å². The zero-order valence-electron chi connectivity index (χ0n) is 12.6. The first-order chi connectivity index (χ1) is 9.76. The SMILES string of the molecule is CCC1CCC(C(=O)Cc2ccn(C3CCCC3)n2)C1. The Bertz CT molecular complexity index is 459. The molecule has 0 amide bonds. The second kappa shape index (κ2) is 6.11. The lowest BCUT2D eigenvalue weighted by molar-refractivity contribution is -0.122. The molecule has 3 nitrogen and oxygen atoms in total. The Hall–Kier alpha value is -1.12. The molecule has 1 heterocycles. The molecule has 2 aliphatic rings. The first kappa shape index (κ1) is 13.8. The fourth-order valence-electron chi connectivity index (χ4n) is 3.90. The minimum absolute atomic E-state index is 0.302. The summed E-state index contributed by atoms with van der Waals surface area (Å²) in [5.74, 6) is 1.49. The van der Waals surface area contributed by atoms with E-state index in [1.807, 2.05) is 6.07 Å². The van der Waals surface area contributed by atoms with Crippen LogP contribution in [0.4, 0.5) is 0 Å². The normalized spacial score (nSPS) is 27.2. The quantitative estimate of drug-likeness (QED) is 0.815. The van der Waals surface area contributed by atoms with Crippen LogP contribution in [0, 0.1) is 11.8 Å². The Morgan fingerprint density at radius 2 is 2.10 bits per heavy atom. The van der Waals surface area contributed by atoms with Gasteiger partial charge in [0.15, 0.2) is 0 Å². The summed E-state index contributed by atoms with van der Waals surface area (Å²) in [5.41, 5.74) is 0.974. The molecule has 0 aliphatic heterocycles. The molecular formula is C17H26N2O. The molecule has 2 aliphatic carbocycles.